The summed E-state index contributed by atoms with van der Waals surface area (Å²) in [5.74, 6) is 1.11. The highest BCUT2D eigenvalue weighted by molar-refractivity contribution is 6.02. The highest BCUT2D eigenvalue weighted by Gasteiger charge is 2.11. The third-order valence-electron chi connectivity index (χ3n) is 5.71. The molecule has 0 radical (unpaired) electrons. The van der Waals surface area contributed by atoms with Crippen LogP contribution in [0.3, 0.4) is 0 Å². The Bertz CT molecular complexity index is 1070. The molecule has 1 aliphatic heterocycles. The molecule has 1 heterocycles. The Morgan fingerprint density at radius 2 is 1.70 bits per heavy atom. The quantitative estimate of drug-likeness (QED) is 0.440. The van der Waals surface area contributed by atoms with Gasteiger partial charge in [0.05, 0.1) is 7.11 Å². The molecule has 3 aromatic carbocycles. The number of benzene rings is 3. The number of carbonyl (C=O) groups excluding carboxylic acids is 1. The zero-order chi connectivity index (χ0) is 22.9. The molecular formula is C28H30N2O3. The normalized spacial score (nSPS) is 13.7. The second-order valence-electron chi connectivity index (χ2n) is 8.10. The number of rotatable bonds is 8. The van der Waals surface area contributed by atoms with Gasteiger partial charge in [-0.15, -0.1) is 0 Å². The van der Waals surface area contributed by atoms with Gasteiger partial charge in [0.2, 0.25) is 5.91 Å². The number of methoxy groups -OCH3 is 1. The minimum Gasteiger partial charge on any atom is -0.493 e. The smallest absolute Gasteiger partial charge is 0.248 e. The molecule has 4 rings (SSSR count). The number of hydrogen-bond donors (Lipinski definition) is 1. The van der Waals surface area contributed by atoms with Crippen molar-refractivity contribution in [2.45, 2.75) is 25.9 Å². The van der Waals surface area contributed by atoms with E-state index in [2.05, 4.69) is 22.3 Å². The number of amides is 1. The largest absolute Gasteiger partial charge is 0.493 e. The van der Waals surface area contributed by atoms with Crippen molar-refractivity contribution in [1.29, 1.82) is 0 Å². The summed E-state index contributed by atoms with van der Waals surface area (Å²) in [5.41, 5.74) is 3.94. The zero-order valence-electron chi connectivity index (χ0n) is 19.0. The molecule has 0 spiro atoms. The van der Waals surface area contributed by atoms with Crippen molar-refractivity contribution < 1.29 is 14.3 Å². The summed E-state index contributed by atoms with van der Waals surface area (Å²) >= 11 is 0. The first kappa shape index (κ1) is 22.5. The molecule has 1 aliphatic rings. The average molecular weight is 443 g/mol. The Morgan fingerprint density at radius 3 is 2.42 bits per heavy atom. The summed E-state index contributed by atoms with van der Waals surface area (Å²) in [4.78, 5) is 14.8. The van der Waals surface area contributed by atoms with Gasteiger partial charge in [0.15, 0.2) is 11.5 Å². The van der Waals surface area contributed by atoms with Crippen LogP contribution in [0, 0.1) is 0 Å². The molecule has 0 saturated carbocycles. The SMILES string of the molecule is COc1cc(C=CC(=O)Nc2ccc(N3CCCCC3)cc2)ccc1OCc1ccccc1. The predicted molar refractivity (Wildman–Crippen MR) is 134 cm³/mol. The molecule has 5 nitrogen and oxygen atoms in total. The van der Waals surface area contributed by atoms with Crippen LogP contribution < -0.4 is 19.7 Å². The molecular weight excluding hydrogens is 412 g/mol. The molecule has 0 aliphatic carbocycles. The van der Waals surface area contributed by atoms with E-state index in [0.717, 1.165) is 29.9 Å². The van der Waals surface area contributed by atoms with Gasteiger partial charge in [-0.05, 0) is 72.9 Å². The molecule has 0 bridgehead atoms. The van der Waals surface area contributed by atoms with Gasteiger partial charge in [-0.3, -0.25) is 4.79 Å². The maximum Gasteiger partial charge on any atom is 0.248 e. The van der Waals surface area contributed by atoms with E-state index >= 15 is 0 Å². The number of nitrogens with one attached hydrogen (secondary N) is 1. The van der Waals surface area contributed by atoms with Crippen molar-refractivity contribution in [2.75, 3.05) is 30.4 Å². The maximum atomic E-state index is 12.4. The molecule has 0 atom stereocenters. The van der Waals surface area contributed by atoms with Crippen molar-refractivity contribution >= 4 is 23.4 Å². The van der Waals surface area contributed by atoms with Gasteiger partial charge in [-0.25, -0.2) is 0 Å². The molecule has 5 heteroatoms. The van der Waals surface area contributed by atoms with E-state index in [-0.39, 0.29) is 5.91 Å². The Labute approximate surface area is 195 Å². The van der Waals surface area contributed by atoms with Crippen LogP contribution >= 0.6 is 0 Å². The molecule has 170 valence electrons. The monoisotopic (exact) mass is 442 g/mol. The van der Waals surface area contributed by atoms with Gasteiger partial charge < -0.3 is 19.7 Å². The molecule has 0 aromatic heterocycles. The lowest BCUT2D eigenvalue weighted by molar-refractivity contribution is -0.111. The van der Waals surface area contributed by atoms with Gasteiger partial charge >= 0.3 is 0 Å². The molecule has 1 N–H and O–H groups in total. The van der Waals surface area contributed by atoms with Crippen LogP contribution in [0.1, 0.15) is 30.4 Å². The third-order valence-corrected chi connectivity index (χ3v) is 5.71. The van der Waals surface area contributed by atoms with Crippen molar-refractivity contribution in [2.24, 2.45) is 0 Å². The van der Waals surface area contributed by atoms with Gasteiger partial charge in [0.1, 0.15) is 6.61 Å². The Morgan fingerprint density at radius 1 is 0.939 bits per heavy atom. The van der Waals surface area contributed by atoms with Gasteiger partial charge in [-0.2, -0.15) is 0 Å². The van der Waals surface area contributed by atoms with Crippen LogP contribution in [-0.2, 0) is 11.4 Å². The van der Waals surface area contributed by atoms with E-state index in [4.69, 9.17) is 9.47 Å². The van der Waals surface area contributed by atoms with Crippen molar-refractivity contribution in [3.63, 3.8) is 0 Å². The molecule has 1 amide bonds. The second kappa shape index (κ2) is 11.2. The summed E-state index contributed by atoms with van der Waals surface area (Å²) in [7, 11) is 1.61. The number of hydrogen-bond acceptors (Lipinski definition) is 4. The van der Waals surface area contributed by atoms with E-state index in [1.807, 2.05) is 60.7 Å². The van der Waals surface area contributed by atoms with Crippen molar-refractivity contribution in [3.8, 4) is 11.5 Å². The van der Waals surface area contributed by atoms with E-state index < -0.39 is 0 Å². The first-order chi connectivity index (χ1) is 16.2. The van der Waals surface area contributed by atoms with Gasteiger partial charge in [-0.1, -0.05) is 36.4 Å². The van der Waals surface area contributed by atoms with Crippen LogP contribution in [0.5, 0.6) is 11.5 Å². The summed E-state index contributed by atoms with van der Waals surface area (Å²) in [6, 6.07) is 23.7. The van der Waals surface area contributed by atoms with Gasteiger partial charge in [0.25, 0.3) is 0 Å². The predicted octanol–water partition coefficient (Wildman–Crippen LogP) is 5.92. The van der Waals surface area contributed by atoms with Crippen molar-refractivity contribution in [3.05, 3.63) is 90.0 Å². The number of anilines is 2. The lowest BCUT2D eigenvalue weighted by Gasteiger charge is -2.28. The zero-order valence-corrected chi connectivity index (χ0v) is 19.0. The fourth-order valence-corrected chi connectivity index (χ4v) is 3.91. The highest BCUT2D eigenvalue weighted by Crippen LogP contribution is 2.29. The minimum atomic E-state index is -0.177. The highest BCUT2D eigenvalue weighted by atomic mass is 16.5. The fourth-order valence-electron chi connectivity index (χ4n) is 3.91. The van der Waals surface area contributed by atoms with Crippen LogP contribution in [0.15, 0.2) is 78.9 Å². The molecule has 33 heavy (non-hydrogen) atoms. The lowest BCUT2D eigenvalue weighted by Crippen LogP contribution is -2.29. The van der Waals surface area contributed by atoms with Crippen LogP contribution in [0.2, 0.25) is 0 Å². The number of ether oxygens (including phenoxy) is 2. The topological polar surface area (TPSA) is 50.8 Å². The molecule has 0 unspecified atom stereocenters. The van der Waals surface area contributed by atoms with E-state index in [1.165, 1.54) is 31.0 Å². The Kier molecular flexibility index (Phi) is 7.64. The summed E-state index contributed by atoms with van der Waals surface area (Å²) in [6.07, 6.45) is 7.09. The van der Waals surface area contributed by atoms with Crippen LogP contribution in [-0.4, -0.2) is 26.1 Å². The van der Waals surface area contributed by atoms with E-state index in [1.54, 1.807) is 13.2 Å². The number of piperidine rings is 1. The first-order valence-electron chi connectivity index (χ1n) is 11.4. The summed E-state index contributed by atoms with van der Waals surface area (Å²) < 4.78 is 11.4. The molecule has 1 fully saturated rings. The van der Waals surface area contributed by atoms with Crippen molar-refractivity contribution in [1.82, 2.24) is 0 Å². The number of carbonyl (C=O) groups is 1. The Balaban J connectivity index is 1.33. The van der Waals surface area contributed by atoms with Gasteiger partial charge in [0, 0.05) is 30.5 Å². The van der Waals surface area contributed by atoms with E-state index in [9.17, 15) is 4.79 Å². The van der Waals surface area contributed by atoms with E-state index in [0.29, 0.717) is 18.1 Å². The van der Waals surface area contributed by atoms with Crippen LogP contribution in [0.4, 0.5) is 11.4 Å². The molecule has 3 aromatic rings. The third kappa shape index (κ3) is 6.39. The Hall–Kier alpha value is -3.73. The standard InChI is InChI=1S/C28H30N2O3/c1-32-27-20-22(10-16-26(27)33-21-23-8-4-2-5-9-23)11-17-28(31)29-24-12-14-25(15-13-24)30-18-6-3-7-19-30/h2,4-5,8-17,20H,3,6-7,18-19,21H2,1H3,(H,29,31). The average Bonchev–Trinajstić information content (AvgIpc) is 2.88. The molecule has 1 saturated heterocycles. The maximum absolute atomic E-state index is 12.4. The fraction of sp³-hybridized carbons (Fsp3) is 0.250. The second-order valence-corrected chi connectivity index (χ2v) is 8.10. The summed E-state index contributed by atoms with van der Waals surface area (Å²) in [5, 5.41) is 2.92. The lowest BCUT2D eigenvalue weighted by atomic mass is 10.1. The first-order valence-corrected chi connectivity index (χ1v) is 11.4. The summed E-state index contributed by atoms with van der Waals surface area (Å²) in [6.45, 7) is 2.67. The number of nitrogens with zero attached hydrogens (tertiary/aromatic N) is 1. The minimum absolute atomic E-state index is 0.177. The van der Waals surface area contributed by atoms with Crippen LogP contribution in [0.25, 0.3) is 6.08 Å².